The summed E-state index contributed by atoms with van der Waals surface area (Å²) in [5, 5.41) is 11.3. The second-order valence-corrected chi connectivity index (χ2v) is 5.45. The maximum absolute atomic E-state index is 10.3. The summed E-state index contributed by atoms with van der Waals surface area (Å²) in [6, 6.07) is 5.48. The average molecular weight is 275 g/mol. The molecule has 1 saturated carbocycles. The van der Waals surface area contributed by atoms with E-state index in [-0.39, 0.29) is 6.10 Å². The Morgan fingerprint density at radius 3 is 2.65 bits per heavy atom. The number of benzene rings is 1. The van der Waals surface area contributed by atoms with Gasteiger partial charge in [-0.25, -0.2) is 0 Å². The number of rotatable bonds is 4. The van der Waals surface area contributed by atoms with Gasteiger partial charge in [0.05, 0.1) is 21.8 Å². The Labute approximate surface area is 111 Å². The fourth-order valence-corrected chi connectivity index (χ4v) is 2.64. The Bertz CT molecular complexity index is 400. The zero-order chi connectivity index (χ0) is 12.5. The molecule has 0 saturated heterocycles. The highest BCUT2D eigenvalue weighted by molar-refractivity contribution is 6.42. The summed E-state index contributed by atoms with van der Waals surface area (Å²) >= 11 is 11.8. The van der Waals surface area contributed by atoms with Gasteiger partial charge in [0.15, 0.2) is 0 Å². The summed E-state index contributed by atoms with van der Waals surface area (Å²) in [5.41, 5.74) is 0.369. The van der Waals surface area contributed by atoms with Crippen LogP contribution in [0.2, 0.25) is 10.0 Å². The van der Waals surface area contributed by atoms with Gasteiger partial charge in [0.25, 0.3) is 0 Å². The lowest BCUT2D eigenvalue weighted by Gasteiger charge is -2.43. The van der Waals surface area contributed by atoms with Gasteiger partial charge >= 0.3 is 0 Å². The van der Waals surface area contributed by atoms with Crippen LogP contribution in [0.3, 0.4) is 0 Å². The lowest BCUT2D eigenvalue weighted by atomic mass is 9.73. The molecular formula is C13H16Cl2O2. The molecule has 0 unspecified atom stereocenters. The second kappa shape index (κ2) is 5.15. The van der Waals surface area contributed by atoms with E-state index in [4.69, 9.17) is 27.9 Å². The molecule has 4 heteroatoms. The van der Waals surface area contributed by atoms with E-state index < -0.39 is 5.60 Å². The Morgan fingerprint density at radius 2 is 2.06 bits per heavy atom. The van der Waals surface area contributed by atoms with Crippen LogP contribution in [0.4, 0.5) is 0 Å². The summed E-state index contributed by atoms with van der Waals surface area (Å²) in [6.45, 7) is 2.67. The Kier molecular flexibility index (Phi) is 3.99. The zero-order valence-corrected chi connectivity index (χ0v) is 11.3. The smallest absolute Gasteiger partial charge is 0.0737 e. The zero-order valence-electron chi connectivity index (χ0n) is 9.75. The van der Waals surface area contributed by atoms with Crippen molar-refractivity contribution in [3.05, 3.63) is 33.8 Å². The van der Waals surface area contributed by atoms with Gasteiger partial charge < -0.3 is 9.84 Å². The summed E-state index contributed by atoms with van der Waals surface area (Å²) in [7, 11) is 0. The number of halogens is 2. The van der Waals surface area contributed by atoms with E-state index in [1.54, 1.807) is 6.07 Å². The summed E-state index contributed by atoms with van der Waals surface area (Å²) in [6.07, 6.45) is 2.20. The minimum atomic E-state index is -0.642. The first-order chi connectivity index (χ1) is 8.02. The molecule has 0 aromatic heterocycles. The molecule has 0 bridgehead atoms. The van der Waals surface area contributed by atoms with Crippen molar-refractivity contribution in [1.82, 2.24) is 0 Å². The largest absolute Gasteiger partial charge is 0.389 e. The van der Waals surface area contributed by atoms with E-state index in [2.05, 4.69) is 0 Å². The van der Waals surface area contributed by atoms with Crippen LogP contribution in [0.25, 0.3) is 0 Å². The Hall–Kier alpha value is -0.280. The fourth-order valence-electron chi connectivity index (χ4n) is 2.32. The maximum Gasteiger partial charge on any atom is 0.0737 e. The standard InChI is InChI=1S/C13H16Cl2O2/c1-2-17-10-7-13(16,8-10)6-9-3-4-11(14)12(15)5-9/h3-5,10,16H,2,6-8H2,1H3. The number of hydrogen-bond donors (Lipinski definition) is 1. The lowest BCUT2D eigenvalue weighted by Crippen LogP contribution is -2.49. The highest BCUT2D eigenvalue weighted by Gasteiger charge is 2.43. The third-order valence-electron chi connectivity index (χ3n) is 3.13. The third kappa shape index (κ3) is 3.14. The molecule has 2 nitrogen and oxygen atoms in total. The SMILES string of the molecule is CCOC1CC(O)(Cc2ccc(Cl)c(Cl)c2)C1. The minimum Gasteiger partial charge on any atom is -0.389 e. The van der Waals surface area contributed by atoms with Crippen molar-refractivity contribution in [2.24, 2.45) is 0 Å². The molecule has 2 rings (SSSR count). The molecule has 0 aliphatic heterocycles. The minimum absolute atomic E-state index is 0.202. The molecule has 1 aromatic carbocycles. The van der Waals surface area contributed by atoms with Crippen LogP contribution in [-0.2, 0) is 11.2 Å². The summed E-state index contributed by atoms with van der Waals surface area (Å²) < 4.78 is 5.45. The van der Waals surface area contributed by atoms with Crippen LogP contribution in [0, 0.1) is 0 Å². The fraction of sp³-hybridized carbons (Fsp3) is 0.538. The molecule has 17 heavy (non-hydrogen) atoms. The normalized spacial score (nSPS) is 27.9. The van der Waals surface area contributed by atoms with E-state index in [0.29, 0.717) is 35.9 Å². The van der Waals surface area contributed by atoms with Gasteiger partial charge in [0, 0.05) is 25.9 Å². The molecule has 1 aromatic rings. The van der Waals surface area contributed by atoms with Crippen molar-refractivity contribution >= 4 is 23.2 Å². The van der Waals surface area contributed by atoms with Crippen LogP contribution in [-0.4, -0.2) is 23.4 Å². The van der Waals surface area contributed by atoms with Gasteiger partial charge in [-0.15, -0.1) is 0 Å². The quantitative estimate of drug-likeness (QED) is 0.911. The van der Waals surface area contributed by atoms with Crippen LogP contribution < -0.4 is 0 Å². The molecule has 1 aliphatic rings. The van der Waals surface area contributed by atoms with E-state index >= 15 is 0 Å². The summed E-state index contributed by atoms with van der Waals surface area (Å²) in [4.78, 5) is 0. The monoisotopic (exact) mass is 274 g/mol. The molecule has 0 radical (unpaired) electrons. The van der Waals surface area contributed by atoms with Crippen molar-refractivity contribution in [2.45, 2.75) is 37.9 Å². The molecule has 0 spiro atoms. The molecule has 1 N–H and O–H groups in total. The van der Waals surface area contributed by atoms with E-state index in [1.165, 1.54) is 0 Å². The van der Waals surface area contributed by atoms with Gasteiger partial charge in [-0.05, 0) is 24.6 Å². The van der Waals surface area contributed by atoms with Gasteiger partial charge in [-0.3, -0.25) is 0 Å². The second-order valence-electron chi connectivity index (χ2n) is 4.64. The first-order valence-electron chi connectivity index (χ1n) is 5.80. The Balaban J connectivity index is 1.95. The number of hydrogen-bond acceptors (Lipinski definition) is 2. The predicted octanol–water partition coefficient (Wildman–Crippen LogP) is 3.47. The van der Waals surface area contributed by atoms with Crippen LogP contribution in [0.1, 0.15) is 25.3 Å². The van der Waals surface area contributed by atoms with Crippen molar-refractivity contribution in [1.29, 1.82) is 0 Å². The lowest BCUT2D eigenvalue weighted by molar-refractivity contribution is -0.136. The van der Waals surface area contributed by atoms with Crippen LogP contribution in [0.15, 0.2) is 18.2 Å². The average Bonchev–Trinajstić information content (AvgIpc) is 2.22. The first-order valence-corrected chi connectivity index (χ1v) is 6.56. The number of aliphatic hydroxyl groups is 1. The highest BCUT2D eigenvalue weighted by Crippen LogP contribution is 2.38. The van der Waals surface area contributed by atoms with E-state index in [1.807, 2.05) is 19.1 Å². The Morgan fingerprint density at radius 1 is 1.35 bits per heavy atom. The molecule has 0 atom stereocenters. The third-order valence-corrected chi connectivity index (χ3v) is 3.87. The molecule has 94 valence electrons. The topological polar surface area (TPSA) is 29.5 Å². The van der Waals surface area contributed by atoms with Crippen molar-refractivity contribution in [3.8, 4) is 0 Å². The number of ether oxygens (including phenoxy) is 1. The molecular weight excluding hydrogens is 259 g/mol. The van der Waals surface area contributed by atoms with Crippen LogP contribution in [0.5, 0.6) is 0 Å². The highest BCUT2D eigenvalue weighted by atomic mass is 35.5. The van der Waals surface area contributed by atoms with Gasteiger partial charge in [-0.1, -0.05) is 29.3 Å². The van der Waals surface area contributed by atoms with E-state index in [9.17, 15) is 5.11 Å². The van der Waals surface area contributed by atoms with Crippen molar-refractivity contribution in [3.63, 3.8) is 0 Å². The molecule has 0 heterocycles. The maximum atomic E-state index is 10.3. The van der Waals surface area contributed by atoms with Crippen molar-refractivity contribution < 1.29 is 9.84 Å². The summed E-state index contributed by atoms with van der Waals surface area (Å²) in [5.74, 6) is 0. The van der Waals surface area contributed by atoms with Crippen LogP contribution >= 0.6 is 23.2 Å². The van der Waals surface area contributed by atoms with Crippen molar-refractivity contribution in [2.75, 3.05) is 6.61 Å². The molecule has 1 aliphatic carbocycles. The predicted molar refractivity (Wildman–Crippen MR) is 69.8 cm³/mol. The first kappa shape index (κ1) is 13.2. The molecule has 0 amide bonds. The van der Waals surface area contributed by atoms with Gasteiger partial charge in [-0.2, -0.15) is 0 Å². The van der Waals surface area contributed by atoms with E-state index in [0.717, 1.165) is 5.56 Å². The van der Waals surface area contributed by atoms with Gasteiger partial charge in [0.2, 0.25) is 0 Å². The van der Waals surface area contributed by atoms with Gasteiger partial charge in [0.1, 0.15) is 0 Å². The molecule has 1 fully saturated rings.